The molecule has 1 heterocycles. The van der Waals surface area contributed by atoms with E-state index in [1.165, 1.54) is 18.2 Å². The number of benzene rings is 2. The van der Waals surface area contributed by atoms with Gasteiger partial charge in [-0.25, -0.2) is 9.79 Å². The van der Waals surface area contributed by atoms with Crippen molar-refractivity contribution in [2.24, 2.45) is 4.99 Å². The van der Waals surface area contributed by atoms with Crippen LogP contribution >= 0.6 is 11.6 Å². The molecule has 8 nitrogen and oxygen atoms in total. The van der Waals surface area contributed by atoms with E-state index in [4.69, 9.17) is 25.8 Å². The van der Waals surface area contributed by atoms with Gasteiger partial charge in [0.15, 0.2) is 17.2 Å². The van der Waals surface area contributed by atoms with Crippen molar-refractivity contribution in [3.8, 4) is 11.5 Å². The number of carbonyl (C=O) groups is 1. The number of aliphatic imine (C=N–C) groups is 1. The van der Waals surface area contributed by atoms with Crippen LogP contribution in [0.5, 0.6) is 11.5 Å². The number of nitro benzene ring substituents is 1. The number of cyclic esters (lactones) is 1. The third kappa shape index (κ3) is 4.91. The van der Waals surface area contributed by atoms with Gasteiger partial charge in [0, 0.05) is 17.2 Å². The highest BCUT2D eigenvalue weighted by Crippen LogP contribution is 2.38. The summed E-state index contributed by atoms with van der Waals surface area (Å²) in [7, 11) is 0. The molecule has 32 heavy (non-hydrogen) atoms. The smallest absolute Gasteiger partial charge is 0.363 e. The summed E-state index contributed by atoms with van der Waals surface area (Å²) >= 11 is 6.44. The van der Waals surface area contributed by atoms with Crippen molar-refractivity contribution in [1.82, 2.24) is 0 Å². The summed E-state index contributed by atoms with van der Waals surface area (Å²) in [5.41, 5.74) is 1.27. The van der Waals surface area contributed by atoms with Crippen molar-refractivity contribution < 1.29 is 23.9 Å². The van der Waals surface area contributed by atoms with Crippen LogP contribution in [0.3, 0.4) is 0 Å². The van der Waals surface area contributed by atoms with E-state index in [2.05, 4.69) is 4.99 Å². The zero-order valence-electron chi connectivity index (χ0n) is 18.2. The monoisotopic (exact) mass is 458 g/mol. The molecule has 0 fully saturated rings. The molecule has 9 heteroatoms. The zero-order chi connectivity index (χ0) is 23.4. The minimum Gasteiger partial charge on any atom is -0.490 e. The van der Waals surface area contributed by atoms with Crippen molar-refractivity contribution in [2.45, 2.75) is 40.2 Å². The number of nitrogens with zero attached hydrogens (tertiary/aromatic N) is 2. The van der Waals surface area contributed by atoms with Gasteiger partial charge in [-0.15, -0.1) is 0 Å². The number of nitro groups is 1. The molecule has 0 spiro atoms. The van der Waals surface area contributed by atoms with Crippen LogP contribution in [0.1, 0.15) is 43.9 Å². The van der Waals surface area contributed by atoms with Crippen LogP contribution in [0.2, 0.25) is 5.02 Å². The Morgan fingerprint density at radius 1 is 1.31 bits per heavy atom. The molecule has 1 aliphatic heterocycles. The van der Waals surface area contributed by atoms with Gasteiger partial charge in [-0.3, -0.25) is 10.1 Å². The Bertz CT molecular complexity index is 1130. The van der Waals surface area contributed by atoms with Crippen molar-refractivity contribution >= 4 is 35.2 Å². The maximum absolute atomic E-state index is 12.4. The predicted octanol–water partition coefficient (Wildman–Crippen LogP) is 5.48. The number of rotatable bonds is 8. The molecule has 1 atom stereocenters. The fourth-order valence-electron chi connectivity index (χ4n) is 3.07. The van der Waals surface area contributed by atoms with Gasteiger partial charge < -0.3 is 14.2 Å². The highest BCUT2D eigenvalue weighted by Gasteiger charge is 2.27. The largest absolute Gasteiger partial charge is 0.490 e. The summed E-state index contributed by atoms with van der Waals surface area (Å²) in [6.07, 6.45) is 2.27. The quantitative estimate of drug-likeness (QED) is 0.225. The highest BCUT2D eigenvalue weighted by molar-refractivity contribution is 6.32. The summed E-state index contributed by atoms with van der Waals surface area (Å²) in [5.74, 6) is 0.239. The number of hydrogen-bond donors (Lipinski definition) is 0. The van der Waals surface area contributed by atoms with Gasteiger partial charge in [0.2, 0.25) is 5.90 Å². The Hall–Kier alpha value is -3.39. The first-order chi connectivity index (χ1) is 15.2. The summed E-state index contributed by atoms with van der Waals surface area (Å²) in [6, 6.07) is 7.87. The maximum Gasteiger partial charge on any atom is 0.363 e. The van der Waals surface area contributed by atoms with Gasteiger partial charge in [0.25, 0.3) is 5.69 Å². The lowest BCUT2D eigenvalue weighted by Crippen LogP contribution is -2.11. The van der Waals surface area contributed by atoms with Crippen molar-refractivity contribution in [2.75, 3.05) is 6.61 Å². The minimum atomic E-state index is -0.667. The van der Waals surface area contributed by atoms with Crippen molar-refractivity contribution in [3.05, 3.63) is 67.9 Å². The molecule has 0 aliphatic carbocycles. The SMILES string of the molecule is CCOc1cc(/C=C2\N=C(c3cccc([N+](=O)[O-])c3C)OC2=O)cc(Cl)c1OC(C)CC. The van der Waals surface area contributed by atoms with Crippen LogP contribution in [0.15, 0.2) is 41.0 Å². The molecule has 1 unspecified atom stereocenters. The van der Waals surface area contributed by atoms with Crippen LogP contribution in [-0.2, 0) is 9.53 Å². The predicted molar refractivity (Wildman–Crippen MR) is 121 cm³/mol. The minimum absolute atomic E-state index is 0.00954. The Labute approximate surface area is 190 Å². The second kappa shape index (κ2) is 9.82. The van der Waals surface area contributed by atoms with E-state index in [0.717, 1.165) is 6.42 Å². The molecule has 0 amide bonds. The Balaban J connectivity index is 1.99. The van der Waals surface area contributed by atoms with Gasteiger partial charge >= 0.3 is 5.97 Å². The Morgan fingerprint density at radius 2 is 2.06 bits per heavy atom. The zero-order valence-corrected chi connectivity index (χ0v) is 18.9. The first-order valence-corrected chi connectivity index (χ1v) is 10.5. The average Bonchev–Trinajstić information content (AvgIpc) is 3.10. The van der Waals surface area contributed by atoms with Crippen LogP contribution in [0, 0.1) is 17.0 Å². The van der Waals surface area contributed by atoms with Gasteiger partial charge in [-0.05, 0) is 57.0 Å². The van der Waals surface area contributed by atoms with Gasteiger partial charge in [0.05, 0.1) is 22.7 Å². The molecule has 0 saturated heterocycles. The normalized spacial score (nSPS) is 15.3. The number of ether oxygens (including phenoxy) is 3. The Kier molecular flexibility index (Phi) is 7.15. The molecule has 0 bridgehead atoms. The van der Waals surface area contributed by atoms with Gasteiger partial charge in [-0.2, -0.15) is 0 Å². The molecule has 2 aromatic rings. The van der Waals surface area contributed by atoms with E-state index in [1.807, 2.05) is 20.8 Å². The average molecular weight is 459 g/mol. The molecule has 2 aromatic carbocycles. The second-order valence-corrected chi connectivity index (χ2v) is 7.55. The fraction of sp³-hybridized carbons (Fsp3) is 0.304. The van der Waals surface area contributed by atoms with E-state index < -0.39 is 10.9 Å². The number of esters is 1. The van der Waals surface area contributed by atoms with Crippen molar-refractivity contribution in [3.63, 3.8) is 0 Å². The van der Waals surface area contributed by atoms with Crippen LogP contribution in [0.25, 0.3) is 6.08 Å². The molecule has 0 N–H and O–H groups in total. The molecule has 1 aliphatic rings. The molecule has 0 radical (unpaired) electrons. The summed E-state index contributed by atoms with van der Waals surface area (Å²) in [5, 5.41) is 11.5. The molecule has 0 saturated carbocycles. The number of hydrogen-bond acceptors (Lipinski definition) is 7. The molecule has 168 valence electrons. The van der Waals surface area contributed by atoms with Gasteiger partial charge in [-0.1, -0.05) is 24.6 Å². The number of halogens is 1. The topological polar surface area (TPSA) is 100 Å². The number of carbonyl (C=O) groups excluding carboxylic acids is 1. The van der Waals surface area contributed by atoms with E-state index >= 15 is 0 Å². The lowest BCUT2D eigenvalue weighted by Gasteiger charge is -2.18. The van der Waals surface area contributed by atoms with E-state index in [1.54, 1.807) is 25.1 Å². The highest BCUT2D eigenvalue weighted by atomic mass is 35.5. The summed E-state index contributed by atoms with van der Waals surface area (Å²) < 4.78 is 16.9. The van der Waals surface area contributed by atoms with E-state index in [9.17, 15) is 14.9 Å². The summed E-state index contributed by atoms with van der Waals surface area (Å²) in [4.78, 5) is 27.4. The molecule has 3 rings (SSSR count). The first kappa shape index (κ1) is 23.3. The fourth-order valence-corrected chi connectivity index (χ4v) is 3.33. The van der Waals surface area contributed by atoms with E-state index in [0.29, 0.717) is 39.8 Å². The lowest BCUT2D eigenvalue weighted by molar-refractivity contribution is -0.385. The Morgan fingerprint density at radius 3 is 2.72 bits per heavy atom. The molecular weight excluding hydrogens is 436 g/mol. The van der Waals surface area contributed by atoms with Crippen LogP contribution in [-0.4, -0.2) is 29.5 Å². The lowest BCUT2D eigenvalue weighted by atomic mass is 10.1. The molecular formula is C23H23ClN2O6. The molecule has 0 aromatic heterocycles. The standard InChI is InChI=1S/C23H23ClN2O6/c1-5-13(3)31-21-17(24)10-15(12-20(21)30-6-2)11-18-23(27)32-22(25-18)16-8-7-9-19(14(16)4)26(28)29/h7-13H,5-6H2,1-4H3/b18-11-. The second-order valence-electron chi connectivity index (χ2n) is 7.14. The van der Waals surface area contributed by atoms with Crippen LogP contribution in [0.4, 0.5) is 5.69 Å². The summed E-state index contributed by atoms with van der Waals surface area (Å²) in [6.45, 7) is 7.77. The van der Waals surface area contributed by atoms with Crippen molar-refractivity contribution in [1.29, 1.82) is 0 Å². The first-order valence-electron chi connectivity index (χ1n) is 10.1. The van der Waals surface area contributed by atoms with E-state index in [-0.39, 0.29) is 23.4 Å². The third-order valence-electron chi connectivity index (χ3n) is 4.88. The third-order valence-corrected chi connectivity index (χ3v) is 5.16. The van der Waals surface area contributed by atoms with Gasteiger partial charge in [0.1, 0.15) is 0 Å². The maximum atomic E-state index is 12.4. The van der Waals surface area contributed by atoms with Crippen LogP contribution < -0.4 is 9.47 Å².